The number of esters is 1. The highest BCUT2D eigenvalue weighted by Gasteiger charge is 2.16. The van der Waals surface area contributed by atoms with Crippen molar-refractivity contribution in [1.29, 1.82) is 0 Å². The van der Waals surface area contributed by atoms with Gasteiger partial charge in [0.25, 0.3) is 5.91 Å². The number of ether oxygens (including phenoxy) is 3. The lowest BCUT2D eigenvalue weighted by atomic mass is 10.1. The summed E-state index contributed by atoms with van der Waals surface area (Å²) in [6.45, 7) is 3.87. The molecule has 0 spiro atoms. The molecule has 0 heterocycles. The number of halogens is 1. The molecule has 2 aromatic rings. The maximum absolute atomic E-state index is 12.1. The van der Waals surface area contributed by atoms with Crippen molar-refractivity contribution in [3.8, 4) is 11.5 Å². The summed E-state index contributed by atoms with van der Waals surface area (Å²) in [6.07, 6.45) is 1.82. The topological polar surface area (TPSA) is 73.9 Å². The molecule has 29 heavy (non-hydrogen) atoms. The first-order valence-electron chi connectivity index (χ1n) is 8.97. The van der Waals surface area contributed by atoms with Crippen molar-refractivity contribution in [2.24, 2.45) is 0 Å². The second kappa shape index (κ2) is 10.5. The Bertz CT molecular complexity index is 893. The third-order valence-electron chi connectivity index (χ3n) is 4.12. The number of amides is 1. The fourth-order valence-electron chi connectivity index (χ4n) is 2.50. The summed E-state index contributed by atoms with van der Waals surface area (Å²) in [5.41, 5.74) is 2.73. The number of hydrogen-bond donors (Lipinski definition) is 1. The van der Waals surface area contributed by atoms with Crippen molar-refractivity contribution in [3.63, 3.8) is 0 Å². The van der Waals surface area contributed by atoms with Crippen molar-refractivity contribution in [2.45, 2.75) is 26.5 Å². The molecule has 0 unspecified atom stereocenters. The van der Waals surface area contributed by atoms with Crippen LogP contribution in [0.5, 0.6) is 11.5 Å². The molecule has 2 rings (SSSR count). The van der Waals surface area contributed by atoms with Crippen LogP contribution in [0.15, 0.2) is 42.5 Å². The van der Waals surface area contributed by atoms with Gasteiger partial charge in [-0.2, -0.15) is 0 Å². The minimum atomic E-state index is -0.924. The van der Waals surface area contributed by atoms with Crippen LogP contribution in [0.1, 0.15) is 23.6 Å². The van der Waals surface area contributed by atoms with Gasteiger partial charge in [0.2, 0.25) is 0 Å². The standard InChI is InChI=1S/C22H24ClNO5/c1-14-5-7-16(8-6-14)13-24-22(26)15(2)29-20(25)10-9-17-11-18(23)21(28-4)19(12-17)27-3/h5-12,15H,13H2,1-4H3,(H,24,26)/b10-9+/t15-/m1/s1. The third kappa shape index (κ3) is 6.54. The van der Waals surface area contributed by atoms with Gasteiger partial charge in [-0.05, 0) is 43.2 Å². The Balaban J connectivity index is 1.91. The molecule has 0 saturated carbocycles. The van der Waals surface area contributed by atoms with Crippen molar-refractivity contribution < 1.29 is 23.8 Å². The normalized spacial score (nSPS) is 11.8. The average Bonchev–Trinajstić information content (AvgIpc) is 2.71. The zero-order valence-corrected chi connectivity index (χ0v) is 17.6. The molecule has 0 saturated heterocycles. The minimum Gasteiger partial charge on any atom is -0.493 e. The Hall–Kier alpha value is -2.99. The molecule has 1 amide bonds. The average molecular weight is 418 g/mol. The van der Waals surface area contributed by atoms with E-state index in [0.29, 0.717) is 28.6 Å². The summed E-state index contributed by atoms with van der Waals surface area (Å²) in [5, 5.41) is 3.10. The van der Waals surface area contributed by atoms with Gasteiger partial charge in [-0.1, -0.05) is 41.4 Å². The maximum Gasteiger partial charge on any atom is 0.331 e. The molecule has 0 bridgehead atoms. The van der Waals surface area contributed by atoms with Gasteiger partial charge in [-0.15, -0.1) is 0 Å². The van der Waals surface area contributed by atoms with Gasteiger partial charge in [0.15, 0.2) is 17.6 Å². The molecule has 1 N–H and O–H groups in total. The minimum absolute atomic E-state index is 0.351. The Morgan fingerprint density at radius 2 is 1.83 bits per heavy atom. The molecule has 0 aromatic heterocycles. The molecular weight excluding hydrogens is 394 g/mol. The molecule has 2 aromatic carbocycles. The number of methoxy groups -OCH3 is 2. The van der Waals surface area contributed by atoms with E-state index in [1.807, 2.05) is 31.2 Å². The van der Waals surface area contributed by atoms with Gasteiger partial charge in [0.1, 0.15) is 0 Å². The van der Waals surface area contributed by atoms with Gasteiger partial charge in [-0.25, -0.2) is 4.79 Å². The number of carbonyl (C=O) groups is 2. The lowest BCUT2D eigenvalue weighted by molar-refractivity contribution is -0.150. The second-order valence-corrected chi connectivity index (χ2v) is 6.76. The van der Waals surface area contributed by atoms with Crippen molar-refractivity contribution in [2.75, 3.05) is 14.2 Å². The van der Waals surface area contributed by atoms with Gasteiger partial charge in [0, 0.05) is 12.6 Å². The van der Waals surface area contributed by atoms with E-state index in [9.17, 15) is 9.59 Å². The molecule has 6 nitrogen and oxygen atoms in total. The van der Waals surface area contributed by atoms with Gasteiger partial charge in [0.05, 0.1) is 19.2 Å². The molecule has 0 aliphatic heterocycles. The maximum atomic E-state index is 12.1. The first kappa shape index (κ1) is 22.3. The molecule has 154 valence electrons. The smallest absolute Gasteiger partial charge is 0.331 e. The summed E-state index contributed by atoms with van der Waals surface area (Å²) in [4.78, 5) is 24.2. The molecule has 0 radical (unpaired) electrons. The highest BCUT2D eigenvalue weighted by atomic mass is 35.5. The summed E-state index contributed by atoms with van der Waals surface area (Å²) in [7, 11) is 2.98. The van der Waals surface area contributed by atoms with E-state index in [0.717, 1.165) is 11.1 Å². The van der Waals surface area contributed by atoms with E-state index in [1.165, 1.54) is 33.3 Å². The zero-order chi connectivity index (χ0) is 21.4. The van der Waals surface area contributed by atoms with Crippen LogP contribution in [-0.4, -0.2) is 32.2 Å². The first-order chi connectivity index (χ1) is 13.8. The summed E-state index contributed by atoms with van der Waals surface area (Å²) in [6, 6.07) is 11.1. The van der Waals surface area contributed by atoms with Gasteiger partial charge < -0.3 is 19.5 Å². The van der Waals surface area contributed by atoms with Gasteiger partial charge in [-0.3, -0.25) is 4.79 Å². The quantitative estimate of drug-likeness (QED) is 0.520. The Kier molecular flexibility index (Phi) is 8.09. The predicted octanol–water partition coefficient (Wildman–Crippen LogP) is 3.93. The molecule has 0 aliphatic carbocycles. The predicted molar refractivity (Wildman–Crippen MR) is 112 cm³/mol. The van der Waals surface area contributed by atoms with Crippen molar-refractivity contribution >= 4 is 29.6 Å². The van der Waals surface area contributed by atoms with Crippen LogP contribution in [-0.2, 0) is 20.9 Å². The molecule has 0 aliphatic rings. The zero-order valence-electron chi connectivity index (χ0n) is 16.8. The van der Waals surface area contributed by atoms with E-state index in [-0.39, 0.29) is 5.91 Å². The highest BCUT2D eigenvalue weighted by Crippen LogP contribution is 2.36. The lowest BCUT2D eigenvalue weighted by Crippen LogP contribution is -2.35. The Morgan fingerprint density at radius 3 is 2.45 bits per heavy atom. The molecular formula is C22H24ClNO5. The number of aryl methyl sites for hydroxylation is 1. The lowest BCUT2D eigenvalue weighted by Gasteiger charge is -2.12. The fraction of sp³-hybridized carbons (Fsp3) is 0.273. The third-order valence-corrected chi connectivity index (χ3v) is 4.40. The van der Waals surface area contributed by atoms with Crippen LogP contribution in [0.25, 0.3) is 6.08 Å². The van der Waals surface area contributed by atoms with Crippen LogP contribution in [0, 0.1) is 6.92 Å². The Morgan fingerprint density at radius 1 is 1.14 bits per heavy atom. The van der Waals surface area contributed by atoms with E-state index < -0.39 is 12.1 Å². The van der Waals surface area contributed by atoms with E-state index in [4.69, 9.17) is 25.8 Å². The first-order valence-corrected chi connectivity index (χ1v) is 9.35. The van der Waals surface area contributed by atoms with Crippen LogP contribution in [0.3, 0.4) is 0 Å². The number of benzene rings is 2. The van der Waals surface area contributed by atoms with Crippen LogP contribution in [0.4, 0.5) is 0 Å². The monoisotopic (exact) mass is 417 g/mol. The number of hydrogen-bond acceptors (Lipinski definition) is 5. The molecule has 7 heteroatoms. The van der Waals surface area contributed by atoms with Crippen molar-refractivity contribution in [1.82, 2.24) is 5.32 Å². The highest BCUT2D eigenvalue weighted by molar-refractivity contribution is 6.32. The van der Waals surface area contributed by atoms with Crippen LogP contribution in [0.2, 0.25) is 5.02 Å². The summed E-state index contributed by atoms with van der Waals surface area (Å²) >= 11 is 6.14. The summed E-state index contributed by atoms with van der Waals surface area (Å²) in [5.74, 6) is -0.167. The fourth-order valence-corrected chi connectivity index (χ4v) is 2.80. The Labute approximate surface area is 175 Å². The van der Waals surface area contributed by atoms with Crippen molar-refractivity contribution in [3.05, 3.63) is 64.2 Å². The van der Waals surface area contributed by atoms with E-state index in [2.05, 4.69) is 5.32 Å². The number of nitrogens with one attached hydrogen (secondary N) is 1. The van der Waals surface area contributed by atoms with E-state index in [1.54, 1.807) is 12.1 Å². The number of rotatable bonds is 8. The summed E-state index contributed by atoms with van der Waals surface area (Å²) < 4.78 is 15.5. The van der Waals surface area contributed by atoms with E-state index >= 15 is 0 Å². The molecule has 0 fully saturated rings. The molecule has 1 atom stereocenters. The number of carbonyl (C=O) groups excluding carboxylic acids is 2. The van der Waals surface area contributed by atoms with Gasteiger partial charge >= 0.3 is 5.97 Å². The van der Waals surface area contributed by atoms with Crippen LogP contribution >= 0.6 is 11.6 Å². The van der Waals surface area contributed by atoms with Crippen LogP contribution < -0.4 is 14.8 Å². The second-order valence-electron chi connectivity index (χ2n) is 6.35. The SMILES string of the molecule is COc1cc(/C=C/C(=O)O[C@H](C)C(=O)NCc2ccc(C)cc2)cc(Cl)c1OC. The largest absolute Gasteiger partial charge is 0.493 e.